The number of aromatic nitrogens is 1. The van der Waals surface area contributed by atoms with E-state index in [1.807, 2.05) is 6.07 Å². The molecule has 158 valence electrons. The van der Waals surface area contributed by atoms with Gasteiger partial charge in [0.05, 0.1) is 11.6 Å². The third-order valence-electron chi connectivity index (χ3n) is 4.35. The van der Waals surface area contributed by atoms with Crippen molar-refractivity contribution in [1.29, 1.82) is 5.26 Å². The number of nitrogens with zero attached hydrogens (tertiary/aromatic N) is 2. The highest BCUT2D eigenvalue weighted by Crippen LogP contribution is 2.29. The highest BCUT2D eigenvalue weighted by atomic mass is 35.5. The number of carbonyl (C=O) groups excluding carboxylic acids is 1. The molecule has 3 unspecified atom stereocenters. The van der Waals surface area contributed by atoms with Crippen LogP contribution in [0, 0.1) is 29.1 Å². The van der Waals surface area contributed by atoms with Crippen molar-refractivity contribution < 1.29 is 23.0 Å². The lowest BCUT2D eigenvalue weighted by molar-refractivity contribution is -0.155. The van der Waals surface area contributed by atoms with Gasteiger partial charge in [0, 0.05) is 11.1 Å². The topological polar surface area (TPSA) is 72.2 Å². The maximum Gasteiger partial charge on any atom is 0.311 e. The number of halogens is 3. The predicted octanol–water partition coefficient (Wildman–Crippen LogP) is 6.32. The Kier molecular flexibility index (Phi) is 8.31. The first-order valence-corrected chi connectivity index (χ1v) is 9.62. The van der Waals surface area contributed by atoms with Crippen molar-refractivity contribution >= 4 is 17.6 Å². The minimum atomic E-state index is -1.87. The molecule has 0 fully saturated rings. The van der Waals surface area contributed by atoms with Crippen LogP contribution in [0.4, 0.5) is 8.78 Å². The molecule has 3 atom stereocenters. The van der Waals surface area contributed by atoms with Gasteiger partial charge < -0.3 is 9.47 Å². The Morgan fingerprint density at radius 3 is 2.40 bits per heavy atom. The summed E-state index contributed by atoms with van der Waals surface area (Å²) in [5.74, 6) is -1.92. The van der Waals surface area contributed by atoms with Crippen molar-refractivity contribution in [3.8, 4) is 17.7 Å². The number of esters is 1. The van der Waals surface area contributed by atoms with Gasteiger partial charge in [-0.25, -0.2) is 4.98 Å². The summed E-state index contributed by atoms with van der Waals surface area (Å²) in [5, 5.41) is 10.0. The molecule has 0 aliphatic heterocycles. The minimum absolute atomic E-state index is 0.166. The molecule has 1 aromatic heterocycles. The van der Waals surface area contributed by atoms with Crippen LogP contribution in [0.2, 0.25) is 5.02 Å². The second-order valence-electron chi connectivity index (χ2n) is 6.99. The number of hydrogen-bond acceptors (Lipinski definition) is 5. The Hall–Kier alpha value is -2.98. The van der Waals surface area contributed by atoms with Gasteiger partial charge in [-0.1, -0.05) is 38.4 Å². The zero-order chi connectivity index (χ0) is 22.3. The van der Waals surface area contributed by atoms with Gasteiger partial charge in [-0.3, -0.25) is 4.79 Å². The van der Waals surface area contributed by atoms with Crippen LogP contribution in [0.25, 0.3) is 0 Å². The summed E-state index contributed by atoms with van der Waals surface area (Å²) in [5.41, 5.74) is 0.166. The largest absolute Gasteiger partial charge is 0.440 e. The van der Waals surface area contributed by atoms with Crippen molar-refractivity contribution in [3.05, 3.63) is 65.3 Å². The molecular weight excluding hydrogens is 414 g/mol. The van der Waals surface area contributed by atoms with E-state index in [0.717, 1.165) is 0 Å². The standard InChI is InChI=1S/C22H21ClF2N2O3/c1-13(2)21(14(3)11-19(24)25)22(28)30-18(12-26)17-5-4-6-20(27-17)29-16-9-7-15(23)8-10-16/h4-11,13-14,18,21H,1-3H3. The highest BCUT2D eigenvalue weighted by molar-refractivity contribution is 6.30. The van der Waals surface area contributed by atoms with Gasteiger partial charge in [-0.2, -0.15) is 14.0 Å². The van der Waals surface area contributed by atoms with Crippen molar-refractivity contribution in [3.63, 3.8) is 0 Å². The molecule has 0 amide bonds. The Morgan fingerprint density at radius 2 is 1.83 bits per heavy atom. The van der Waals surface area contributed by atoms with Crippen LogP contribution in [0.1, 0.15) is 32.6 Å². The van der Waals surface area contributed by atoms with Gasteiger partial charge in [0.25, 0.3) is 6.08 Å². The smallest absolute Gasteiger partial charge is 0.311 e. The average Bonchev–Trinajstić information content (AvgIpc) is 2.67. The van der Waals surface area contributed by atoms with E-state index in [2.05, 4.69) is 4.98 Å². The Morgan fingerprint density at radius 1 is 1.17 bits per heavy atom. The second-order valence-corrected chi connectivity index (χ2v) is 7.42. The maximum atomic E-state index is 12.6. The van der Waals surface area contributed by atoms with E-state index in [0.29, 0.717) is 16.8 Å². The zero-order valence-electron chi connectivity index (χ0n) is 16.7. The molecule has 0 saturated carbocycles. The van der Waals surface area contributed by atoms with Gasteiger partial charge in [0.15, 0.2) is 0 Å². The maximum absolute atomic E-state index is 12.6. The molecule has 0 bridgehead atoms. The van der Waals surface area contributed by atoms with E-state index in [9.17, 15) is 18.8 Å². The molecule has 8 heteroatoms. The van der Waals surface area contributed by atoms with Crippen molar-refractivity contribution in [1.82, 2.24) is 4.98 Å². The number of benzene rings is 1. The molecule has 0 aliphatic rings. The van der Waals surface area contributed by atoms with E-state index in [4.69, 9.17) is 21.1 Å². The fourth-order valence-corrected chi connectivity index (χ4v) is 3.13. The summed E-state index contributed by atoms with van der Waals surface area (Å²) < 4.78 is 36.2. The summed E-state index contributed by atoms with van der Waals surface area (Å²) in [7, 11) is 0. The first kappa shape index (κ1) is 23.3. The zero-order valence-corrected chi connectivity index (χ0v) is 17.4. The van der Waals surface area contributed by atoms with Crippen molar-refractivity contribution in [2.45, 2.75) is 26.9 Å². The van der Waals surface area contributed by atoms with Gasteiger partial charge in [-0.15, -0.1) is 0 Å². The second kappa shape index (κ2) is 10.7. The van der Waals surface area contributed by atoms with E-state index < -0.39 is 30.0 Å². The first-order valence-electron chi connectivity index (χ1n) is 9.24. The quantitative estimate of drug-likeness (QED) is 0.454. The Balaban J connectivity index is 2.18. The SMILES string of the molecule is CC(C)C(C(=O)OC(C#N)c1cccc(Oc2ccc(Cl)cc2)n1)C(C)C=C(F)F. The lowest BCUT2D eigenvalue weighted by Crippen LogP contribution is -2.29. The summed E-state index contributed by atoms with van der Waals surface area (Å²) in [4.78, 5) is 16.9. The predicted molar refractivity (Wildman–Crippen MR) is 108 cm³/mol. The molecule has 30 heavy (non-hydrogen) atoms. The monoisotopic (exact) mass is 434 g/mol. The first-order chi connectivity index (χ1) is 14.2. The molecule has 1 aromatic carbocycles. The third-order valence-corrected chi connectivity index (χ3v) is 4.60. The number of nitriles is 1. The van der Waals surface area contributed by atoms with Crippen molar-refractivity contribution in [2.75, 3.05) is 0 Å². The van der Waals surface area contributed by atoms with E-state index in [-0.39, 0.29) is 17.5 Å². The number of rotatable bonds is 8. The van der Waals surface area contributed by atoms with E-state index in [1.54, 1.807) is 50.2 Å². The molecule has 0 spiro atoms. The lowest BCUT2D eigenvalue weighted by atomic mass is 9.84. The molecule has 0 saturated heterocycles. The molecular formula is C22H21ClF2N2O3. The molecule has 0 radical (unpaired) electrons. The molecule has 0 N–H and O–H groups in total. The Labute approximate surface area is 178 Å². The van der Waals surface area contributed by atoms with Gasteiger partial charge in [0.2, 0.25) is 12.0 Å². The normalized spacial score (nSPS) is 13.7. The van der Waals surface area contributed by atoms with Crippen LogP contribution in [0.3, 0.4) is 0 Å². The van der Waals surface area contributed by atoms with Crippen molar-refractivity contribution in [2.24, 2.45) is 17.8 Å². The van der Waals surface area contributed by atoms with E-state index in [1.165, 1.54) is 13.0 Å². The molecule has 2 aromatic rings. The van der Waals surface area contributed by atoms with Crippen LogP contribution < -0.4 is 4.74 Å². The Bertz CT molecular complexity index is 938. The summed E-state index contributed by atoms with van der Waals surface area (Å²) in [6.07, 6.45) is -2.46. The van der Waals surface area contributed by atoms with E-state index >= 15 is 0 Å². The highest BCUT2D eigenvalue weighted by Gasteiger charge is 2.32. The third kappa shape index (κ3) is 6.53. The summed E-state index contributed by atoms with van der Waals surface area (Å²) in [6, 6.07) is 13.2. The van der Waals surface area contributed by atoms with Crippen LogP contribution in [0.15, 0.2) is 54.6 Å². The minimum Gasteiger partial charge on any atom is -0.440 e. The van der Waals surface area contributed by atoms with Crippen LogP contribution in [-0.2, 0) is 9.53 Å². The number of allylic oxidation sites excluding steroid dienone is 1. The van der Waals surface area contributed by atoms with Gasteiger partial charge >= 0.3 is 5.97 Å². The fraction of sp³-hybridized carbons (Fsp3) is 0.318. The number of hydrogen-bond donors (Lipinski definition) is 0. The average molecular weight is 435 g/mol. The molecule has 1 heterocycles. The van der Waals surface area contributed by atoms with Gasteiger partial charge in [0.1, 0.15) is 11.8 Å². The lowest BCUT2D eigenvalue weighted by Gasteiger charge is -2.24. The fourth-order valence-electron chi connectivity index (χ4n) is 3.00. The van der Waals surface area contributed by atoms with Crippen LogP contribution >= 0.6 is 11.6 Å². The van der Waals surface area contributed by atoms with Gasteiger partial charge in [-0.05, 0) is 48.2 Å². The number of carbonyl (C=O) groups is 1. The van der Waals surface area contributed by atoms with Crippen LogP contribution in [0.5, 0.6) is 11.6 Å². The molecule has 2 rings (SSSR count). The molecule has 0 aliphatic carbocycles. The molecule has 5 nitrogen and oxygen atoms in total. The summed E-state index contributed by atoms with van der Waals surface area (Å²) in [6.45, 7) is 4.96. The number of pyridine rings is 1. The summed E-state index contributed by atoms with van der Waals surface area (Å²) >= 11 is 5.85. The van der Waals surface area contributed by atoms with Crippen LogP contribution in [-0.4, -0.2) is 11.0 Å². The number of ether oxygens (including phenoxy) is 2.